The van der Waals surface area contributed by atoms with E-state index in [0.29, 0.717) is 6.54 Å². The van der Waals surface area contributed by atoms with Gasteiger partial charge in [0.2, 0.25) is 0 Å². The molecule has 86 valence electrons. The van der Waals surface area contributed by atoms with Gasteiger partial charge in [0.1, 0.15) is 0 Å². The Balaban J connectivity index is 1.88. The van der Waals surface area contributed by atoms with E-state index in [2.05, 4.69) is 0 Å². The number of hydrogen-bond donors (Lipinski definition) is 1. The molecule has 0 bridgehead atoms. The molecule has 0 radical (unpaired) electrons. The van der Waals surface area contributed by atoms with Gasteiger partial charge in [-0.1, -0.05) is 12.8 Å². The summed E-state index contributed by atoms with van der Waals surface area (Å²) in [4.78, 5) is 15.8. The molecule has 0 aromatic rings. The summed E-state index contributed by atoms with van der Waals surface area (Å²) in [5.74, 6) is 0. The molecule has 4 nitrogen and oxygen atoms in total. The Morgan fingerprint density at radius 3 is 2.20 bits per heavy atom. The van der Waals surface area contributed by atoms with Crippen molar-refractivity contribution in [3.8, 4) is 0 Å². The summed E-state index contributed by atoms with van der Waals surface area (Å²) in [5, 5.41) is 9.39. The molecule has 1 N–H and O–H groups in total. The average Bonchev–Trinajstić information content (AvgIpc) is 2.53. The number of carbonyl (C=O) groups excluding carboxylic acids is 1. The van der Waals surface area contributed by atoms with Crippen LogP contribution in [0.15, 0.2) is 0 Å². The maximum atomic E-state index is 12.0. The van der Waals surface area contributed by atoms with Crippen LogP contribution in [0.25, 0.3) is 0 Å². The Labute approximate surface area is 90.9 Å². The first kappa shape index (κ1) is 10.7. The van der Waals surface area contributed by atoms with Gasteiger partial charge in [0.25, 0.3) is 0 Å². The fourth-order valence-corrected chi connectivity index (χ4v) is 2.38. The molecule has 15 heavy (non-hydrogen) atoms. The highest BCUT2D eigenvalue weighted by Gasteiger charge is 2.28. The molecule has 0 spiro atoms. The molecule has 2 aliphatic rings. The van der Waals surface area contributed by atoms with Crippen molar-refractivity contribution in [3.63, 3.8) is 0 Å². The van der Waals surface area contributed by atoms with Gasteiger partial charge in [0, 0.05) is 26.2 Å². The third-order valence-electron chi connectivity index (χ3n) is 3.31. The largest absolute Gasteiger partial charge is 0.391 e. The summed E-state index contributed by atoms with van der Waals surface area (Å²) >= 11 is 0. The molecular formula is C11H20N2O2. The molecule has 2 fully saturated rings. The minimum atomic E-state index is -0.305. The first-order valence-corrected chi connectivity index (χ1v) is 5.99. The van der Waals surface area contributed by atoms with Gasteiger partial charge in [0.05, 0.1) is 6.10 Å². The molecule has 4 heteroatoms. The van der Waals surface area contributed by atoms with Gasteiger partial charge in [-0.25, -0.2) is 4.79 Å². The van der Waals surface area contributed by atoms with E-state index >= 15 is 0 Å². The SMILES string of the molecule is O=C(N1CCCCCC1)N1CCC(O)C1. The van der Waals surface area contributed by atoms with Gasteiger partial charge in [0.15, 0.2) is 0 Å². The minimum absolute atomic E-state index is 0.133. The van der Waals surface area contributed by atoms with Crippen molar-refractivity contribution in [1.29, 1.82) is 0 Å². The summed E-state index contributed by atoms with van der Waals surface area (Å²) in [5.41, 5.74) is 0. The highest BCUT2D eigenvalue weighted by Crippen LogP contribution is 2.15. The number of likely N-dealkylation sites (tertiary alicyclic amines) is 2. The Bertz CT molecular complexity index is 225. The zero-order valence-electron chi connectivity index (χ0n) is 9.19. The van der Waals surface area contributed by atoms with Crippen molar-refractivity contribution in [1.82, 2.24) is 9.80 Å². The summed E-state index contributed by atoms with van der Waals surface area (Å²) in [6, 6.07) is 0.133. The van der Waals surface area contributed by atoms with Gasteiger partial charge in [-0.15, -0.1) is 0 Å². The number of rotatable bonds is 0. The summed E-state index contributed by atoms with van der Waals surface area (Å²) in [6.07, 6.45) is 5.17. The first-order chi connectivity index (χ1) is 7.27. The lowest BCUT2D eigenvalue weighted by Crippen LogP contribution is -2.42. The molecule has 2 rings (SSSR count). The van der Waals surface area contributed by atoms with Gasteiger partial charge in [-0.05, 0) is 19.3 Å². The second-order valence-electron chi connectivity index (χ2n) is 4.57. The van der Waals surface area contributed by atoms with Crippen LogP contribution in [0.3, 0.4) is 0 Å². The standard InChI is InChI=1S/C11H20N2O2/c14-10-5-8-13(9-10)11(15)12-6-3-1-2-4-7-12/h10,14H,1-9H2. The van der Waals surface area contributed by atoms with E-state index in [1.54, 1.807) is 4.90 Å². The van der Waals surface area contributed by atoms with Crippen molar-refractivity contribution in [2.45, 2.75) is 38.2 Å². The van der Waals surface area contributed by atoms with E-state index in [1.165, 1.54) is 12.8 Å². The maximum absolute atomic E-state index is 12.0. The van der Waals surface area contributed by atoms with Gasteiger partial charge in [-0.2, -0.15) is 0 Å². The van der Waals surface area contributed by atoms with Crippen LogP contribution < -0.4 is 0 Å². The minimum Gasteiger partial charge on any atom is -0.391 e. The second-order valence-corrected chi connectivity index (χ2v) is 4.57. The number of nitrogens with zero attached hydrogens (tertiary/aromatic N) is 2. The van der Waals surface area contributed by atoms with E-state index in [1.807, 2.05) is 4.90 Å². The van der Waals surface area contributed by atoms with Crippen LogP contribution in [-0.2, 0) is 0 Å². The summed E-state index contributed by atoms with van der Waals surface area (Å²) < 4.78 is 0. The van der Waals surface area contributed by atoms with Crippen LogP contribution in [0, 0.1) is 0 Å². The number of β-amino-alcohol motifs (C(OH)–C–C–N with tert-alkyl or cyclic N) is 1. The predicted molar refractivity (Wildman–Crippen MR) is 57.6 cm³/mol. The van der Waals surface area contributed by atoms with Crippen LogP contribution in [-0.4, -0.2) is 53.2 Å². The van der Waals surface area contributed by atoms with Crippen LogP contribution >= 0.6 is 0 Å². The van der Waals surface area contributed by atoms with Gasteiger partial charge < -0.3 is 14.9 Å². The van der Waals surface area contributed by atoms with Crippen molar-refractivity contribution >= 4 is 6.03 Å². The molecule has 1 atom stereocenters. The van der Waals surface area contributed by atoms with Crippen molar-refractivity contribution < 1.29 is 9.90 Å². The molecule has 0 saturated carbocycles. The van der Waals surface area contributed by atoms with Crippen LogP contribution in [0.2, 0.25) is 0 Å². The highest BCUT2D eigenvalue weighted by atomic mass is 16.3. The quantitative estimate of drug-likeness (QED) is 0.652. The zero-order chi connectivity index (χ0) is 10.7. The van der Waals surface area contributed by atoms with E-state index in [4.69, 9.17) is 0 Å². The van der Waals surface area contributed by atoms with Gasteiger partial charge in [-0.3, -0.25) is 0 Å². The third kappa shape index (κ3) is 2.62. The van der Waals surface area contributed by atoms with Crippen LogP contribution in [0.1, 0.15) is 32.1 Å². The first-order valence-electron chi connectivity index (χ1n) is 5.99. The molecule has 0 aliphatic carbocycles. The lowest BCUT2D eigenvalue weighted by Gasteiger charge is -2.26. The molecule has 0 aromatic carbocycles. The van der Waals surface area contributed by atoms with Crippen molar-refractivity contribution in [3.05, 3.63) is 0 Å². The molecular weight excluding hydrogens is 192 g/mol. The number of urea groups is 1. The molecule has 2 aliphatic heterocycles. The summed E-state index contributed by atoms with van der Waals surface area (Å²) in [7, 11) is 0. The van der Waals surface area contributed by atoms with E-state index in [0.717, 1.165) is 38.9 Å². The number of carbonyl (C=O) groups is 1. The normalized spacial score (nSPS) is 27.9. The van der Waals surface area contributed by atoms with Crippen LogP contribution in [0.4, 0.5) is 4.79 Å². The number of hydrogen-bond acceptors (Lipinski definition) is 2. The Hall–Kier alpha value is -0.770. The number of amides is 2. The fourth-order valence-electron chi connectivity index (χ4n) is 2.38. The topological polar surface area (TPSA) is 43.8 Å². The van der Waals surface area contributed by atoms with Gasteiger partial charge >= 0.3 is 6.03 Å². The second kappa shape index (κ2) is 4.84. The Kier molecular flexibility index (Phi) is 3.46. The average molecular weight is 212 g/mol. The van der Waals surface area contributed by atoms with Crippen LogP contribution in [0.5, 0.6) is 0 Å². The predicted octanol–water partition coefficient (Wildman–Crippen LogP) is 1.05. The Morgan fingerprint density at radius 1 is 1.00 bits per heavy atom. The van der Waals surface area contributed by atoms with E-state index < -0.39 is 0 Å². The van der Waals surface area contributed by atoms with Crippen molar-refractivity contribution in [2.75, 3.05) is 26.2 Å². The monoisotopic (exact) mass is 212 g/mol. The molecule has 0 aromatic heterocycles. The molecule has 2 saturated heterocycles. The van der Waals surface area contributed by atoms with E-state index in [-0.39, 0.29) is 12.1 Å². The summed E-state index contributed by atoms with van der Waals surface area (Å²) in [6.45, 7) is 3.03. The smallest absolute Gasteiger partial charge is 0.320 e. The fraction of sp³-hybridized carbons (Fsp3) is 0.909. The Morgan fingerprint density at radius 2 is 1.67 bits per heavy atom. The number of aliphatic hydroxyl groups excluding tert-OH is 1. The molecule has 2 amide bonds. The van der Waals surface area contributed by atoms with E-state index in [9.17, 15) is 9.90 Å². The maximum Gasteiger partial charge on any atom is 0.320 e. The number of aliphatic hydroxyl groups is 1. The third-order valence-corrected chi connectivity index (χ3v) is 3.31. The molecule has 1 unspecified atom stereocenters. The lowest BCUT2D eigenvalue weighted by molar-refractivity contribution is 0.147. The molecule has 2 heterocycles. The van der Waals surface area contributed by atoms with Crippen molar-refractivity contribution in [2.24, 2.45) is 0 Å². The lowest BCUT2D eigenvalue weighted by atomic mass is 10.2. The zero-order valence-corrected chi connectivity index (χ0v) is 9.19. The highest BCUT2D eigenvalue weighted by molar-refractivity contribution is 5.74.